The van der Waals surface area contributed by atoms with Crippen LogP contribution in [0.4, 0.5) is 0 Å². The summed E-state index contributed by atoms with van der Waals surface area (Å²) >= 11 is 0. The fourth-order valence-corrected chi connectivity index (χ4v) is 1.66. The molecule has 0 radical (unpaired) electrons. The summed E-state index contributed by atoms with van der Waals surface area (Å²) in [5, 5.41) is 2.82. The van der Waals surface area contributed by atoms with Gasteiger partial charge in [-0.2, -0.15) is 0 Å². The molecule has 0 bridgehead atoms. The summed E-state index contributed by atoms with van der Waals surface area (Å²) in [6, 6.07) is 0. The van der Waals surface area contributed by atoms with E-state index in [0.29, 0.717) is 5.82 Å². The van der Waals surface area contributed by atoms with Crippen molar-refractivity contribution in [1.29, 1.82) is 0 Å². The Balaban J connectivity index is 3.19. The molecule has 1 aliphatic rings. The summed E-state index contributed by atoms with van der Waals surface area (Å²) in [4.78, 5) is 13.9. The van der Waals surface area contributed by atoms with Crippen LogP contribution in [0.2, 0.25) is 0 Å². The largest absolute Gasteiger partial charge is 0.329 e. The third-order valence-corrected chi connectivity index (χ3v) is 2.58. The van der Waals surface area contributed by atoms with Crippen LogP contribution in [0.15, 0.2) is 24.2 Å². The molecule has 1 aliphatic heterocycles. The van der Waals surface area contributed by atoms with Crippen molar-refractivity contribution in [2.24, 2.45) is 5.41 Å². The number of carbonyl (C=O) groups excluding carboxylic acids is 1. The monoisotopic (exact) mass is 222 g/mol. The van der Waals surface area contributed by atoms with Crippen LogP contribution >= 0.6 is 0 Å². The Labute approximate surface area is 98.2 Å². The van der Waals surface area contributed by atoms with E-state index < -0.39 is 0 Å². The molecule has 1 heterocycles. The summed E-state index contributed by atoms with van der Waals surface area (Å²) in [5.74, 6) is 0.600. The van der Waals surface area contributed by atoms with Crippen molar-refractivity contribution in [1.82, 2.24) is 10.2 Å². The van der Waals surface area contributed by atoms with Gasteiger partial charge in [0.1, 0.15) is 5.82 Å². The minimum atomic E-state index is -0.158. The van der Waals surface area contributed by atoms with Gasteiger partial charge in [-0.1, -0.05) is 27.4 Å². The molecule has 0 unspecified atom stereocenters. The molecular weight excluding hydrogens is 200 g/mol. The van der Waals surface area contributed by atoms with Gasteiger partial charge in [-0.05, 0) is 26.2 Å². The Bertz CT molecular complexity index is 353. The molecule has 0 fully saturated rings. The molecule has 16 heavy (non-hydrogen) atoms. The van der Waals surface area contributed by atoms with E-state index in [2.05, 4.69) is 32.7 Å². The van der Waals surface area contributed by atoms with Crippen LogP contribution in [0, 0.1) is 5.41 Å². The van der Waals surface area contributed by atoms with Crippen LogP contribution in [0.5, 0.6) is 0 Å². The third kappa shape index (κ3) is 2.46. The molecule has 1 rings (SSSR count). The number of hydrogen-bond donors (Lipinski definition) is 1. The zero-order valence-electron chi connectivity index (χ0n) is 11.1. The topological polar surface area (TPSA) is 32.3 Å². The molecule has 0 aromatic carbocycles. The predicted octanol–water partition coefficient (Wildman–Crippen LogP) is 2.62. The second-order valence-corrected chi connectivity index (χ2v) is 6.23. The van der Waals surface area contributed by atoms with Gasteiger partial charge in [0, 0.05) is 17.3 Å². The zero-order chi connectivity index (χ0) is 12.7. The Kier molecular flexibility index (Phi) is 2.92. The van der Waals surface area contributed by atoms with Gasteiger partial charge >= 0.3 is 0 Å². The molecule has 0 aromatic rings. The minimum Gasteiger partial charge on any atom is -0.329 e. The summed E-state index contributed by atoms with van der Waals surface area (Å²) in [6.45, 7) is 16.3. The standard InChI is InChI=1S/C13H22N2O/c1-9-14-11(16)10(12(2,3)4)8-15(9)13(5,6)7/h8H,1H2,2-7H3,(H,14,16). The smallest absolute Gasteiger partial charge is 0.254 e. The summed E-state index contributed by atoms with van der Waals surface area (Å²) in [7, 11) is 0. The van der Waals surface area contributed by atoms with Crippen molar-refractivity contribution in [3.63, 3.8) is 0 Å². The van der Waals surface area contributed by atoms with Gasteiger partial charge in [-0.25, -0.2) is 0 Å². The summed E-state index contributed by atoms with van der Waals surface area (Å²) in [5.41, 5.74) is 0.546. The first-order valence-corrected chi connectivity index (χ1v) is 5.55. The first kappa shape index (κ1) is 12.8. The van der Waals surface area contributed by atoms with Crippen LogP contribution in [0.3, 0.4) is 0 Å². The average Bonchev–Trinajstić information content (AvgIpc) is 1.97. The van der Waals surface area contributed by atoms with Gasteiger partial charge in [-0.3, -0.25) is 4.79 Å². The number of nitrogens with zero attached hydrogens (tertiary/aromatic N) is 1. The van der Waals surface area contributed by atoms with Crippen LogP contribution in [-0.4, -0.2) is 16.3 Å². The predicted molar refractivity (Wildman–Crippen MR) is 66.4 cm³/mol. The van der Waals surface area contributed by atoms with Gasteiger partial charge < -0.3 is 10.2 Å². The average molecular weight is 222 g/mol. The van der Waals surface area contributed by atoms with Gasteiger partial charge in [0.05, 0.1) is 0 Å². The highest BCUT2D eigenvalue weighted by atomic mass is 16.2. The fourth-order valence-electron chi connectivity index (χ4n) is 1.66. The van der Waals surface area contributed by atoms with Gasteiger partial charge in [0.15, 0.2) is 0 Å². The summed E-state index contributed by atoms with van der Waals surface area (Å²) < 4.78 is 0. The maximum absolute atomic E-state index is 11.9. The normalized spacial score (nSPS) is 18.4. The second kappa shape index (κ2) is 3.65. The van der Waals surface area contributed by atoms with Crippen LogP contribution in [0.25, 0.3) is 0 Å². The molecule has 0 spiro atoms. The third-order valence-electron chi connectivity index (χ3n) is 2.58. The fraction of sp³-hybridized carbons (Fsp3) is 0.615. The number of carbonyl (C=O) groups is 1. The quantitative estimate of drug-likeness (QED) is 0.683. The lowest BCUT2D eigenvalue weighted by atomic mass is 9.85. The van der Waals surface area contributed by atoms with E-state index in [1.807, 2.05) is 31.9 Å². The lowest BCUT2D eigenvalue weighted by Gasteiger charge is -2.41. The molecule has 3 heteroatoms. The number of amides is 1. The maximum Gasteiger partial charge on any atom is 0.254 e. The lowest BCUT2D eigenvalue weighted by Crippen LogP contribution is -2.48. The maximum atomic E-state index is 11.9. The van der Waals surface area contributed by atoms with Crippen molar-refractivity contribution in [2.75, 3.05) is 0 Å². The van der Waals surface area contributed by atoms with Crippen molar-refractivity contribution >= 4 is 5.91 Å². The first-order chi connectivity index (χ1) is 7.03. The van der Waals surface area contributed by atoms with E-state index in [0.717, 1.165) is 5.57 Å². The lowest BCUT2D eigenvalue weighted by molar-refractivity contribution is -0.118. The molecule has 3 nitrogen and oxygen atoms in total. The first-order valence-electron chi connectivity index (χ1n) is 5.55. The summed E-state index contributed by atoms with van der Waals surface area (Å²) in [6.07, 6.45) is 1.92. The number of nitrogens with one attached hydrogen (secondary N) is 1. The van der Waals surface area contributed by atoms with E-state index >= 15 is 0 Å². The number of hydrogen-bond acceptors (Lipinski definition) is 2. The number of rotatable bonds is 0. The van der Waals surface area contributed by atoms with Crippen molar-refractivity contribution in [2.45, 2.75) is 47.1 Å². The molecule has 90 valence electrons. The molecule has 0 aliphatic carbocycles. The molecule has 1 N–H and O–H groups in total. The van der Waals surface area contributed by atoms with Crippen molar-refractivity contribution in [3.8, 4) is 0 Å². The van der Waals surface area contributed by atoms with Crippen molar-refractivity contribution < 1.29 is 4.79 Å². The Morgan fingerprint density at radius 2 is 1.69 bits per heavy atom. The molecule has 0 aromatic heterocycles. The Hall–Kier alpha value is -1.25. The molecule has 0 atom stereocenters. The molecule has 0 saturated heterocycles. The molecular formula is C13H22N2O. The minimum absolute atomic E-state index is 0.0435. The van der Waals surface area contributed by atoms with Crippen molar-refractivity contribution in [3.05, 3.63) is 24.2 Å². The van der Waals surface area contributed by atoms with E-state index in [1.165, 1.54) is 0 Å². The van der Waals surface area contributed by atoms with Gasteiger partial charge in [-0.15, -0.1) is 0 Å². The second-order valence-electron chi connectivity index (χ2n) is 6.23. The van der Waals surface area contributed by atoms with Crippen LogP contribution < -0.4 is 5.32 Å². The zero-order valence-corrected chi connectivity index (χ0v) is 11.1. The molecule has 0 saturated carbocycles. The van der Waals surface area contributed by atoms with Crippen LogP contribution in [0.1, 0.15) is 41.5 Å². The highest BCUT2D eigenvalue weighted by molar-refractivity contribution is 5.96. The van der Waals surface area contributed by atoms with Gasteiger partial charge in [0.2, 0.25) is 0 Å². The van der Waals surface area contributed by atoms with E-state index in [4.69, 9.17) is 0 Å². The SMILES string of the molecule is C=C1NC(=O)C(C(C)(C)C)=CN1C(C)(C)C. The van der Waals surface area contributed by atoms with Crippen LogP contribution in [-0.2, 0) is 4.79 Å². The van der Waals surface area contributed by atoms with E-state index in [-0.39, 0.29) is 16.9 Å². The highest BCUT2D eigenvalue weighted by Crippen LogP contribution is 2.31. The van der Waals surface area contributed by atoms with Gasteiger partial charge in [0.25, 0.3) is 5.91 Å². The molecule has 1 amide bonds. The van der Waals surface area contributed by atoms with E-state index in [1.54, 1.807) is 0 Å². The van der Waals surface area contributed by atoms with E-state index in [9.17, 15) is 4.79 Å². The highest BCUT2D eigenvalue weighted by Gasteiger charge is 2.33. The Morgan fingerprint density at radius 1 is 1.19 bits per heavy atom. The Morgan fingerprint density at radius 3 is 2.06 bits per heavy atom.